The molecule has 1 N–H and O–H groups in total. The highest BCUT2D eigenvalue weighted by molar-refractivity contribution is 7.99. The number of hydrogen-bond donors (Lipinski definition) is 1. The number of amides is 1. The molecule has 1 amide bonds. The lowest BCUT2D eigenvalue weighted by molar-refractivity contribution is -0.385. The van der Waals surface area contributed by atoms with Crippen LogP contribution in [0.5, 0.6) is 11.5 Å². The zero-order valence-corrected chi connectivity index (χ0v) is 19.8. The topological polar surface area (TPSA) is 121 Å². The molecule has 10 nitrogen and oxygen atoms in total. The molecule has 0 fully saturated rings. The minimum absolute atomic E-state index is 0.0730. The van der Waals surface area contributed by atoms with Crippen molar-refractivity contribution < 1.29 is 19.2 Å². The molecule has 1 heterocycles. The first-order valence-electron chi connectivity index (χ1n) is 10.1. The molecular formula is C22H25N5O5S. The van der Waals surface area contributed by atoms with Gasteiger partial charge in [-0.2, -0.15) is 0 Å². The first-order valence-corrected chi connectivity index (χ1v) is 11.1. The molecule has 0 aliphatic carbocycles. The van der Waals surface area contributed by atoms with Crippen LogP contribution in [0.2, 0.25) is 0 Å². The van der Waals surface area contributed by atoms with Crippen molar-refractivity contribution in [3.05, 3.63) is 52.1 Å². The normalized spacial score (nSPS) is 10.8. The Balaban J connectivity index is 1.75. The molecule has 0 unspecified atom stereocenters. The van der Waals surface area contributed by atoms with E-state index < -0.39 is 4.92 Å². The summed E-state index contributed by atoms with van der Waals surface area (Å²) in [6.07, 6.45) is 0. The highest BCUT2D eigenvalue weighted by Crippen LogP contribution is 2.33. The van der Waals surface area contributed by atoms with E-state index in [1.54, 1.807) is 14.0 Å². The molecule has 0 bridgehead atoms. The van der Waals surface area contributed by atoms with Crippen LogP contribution in [0.1, 0.15) is 25.5 Å². The van der Waals surface area contributed by atoms with Crippen molar-refractivity contribution >= 4 is 29.0 Å². The van der Waals surface area contributed by atoms with Gasteiger partial charge in [-0.15, -0.1) is 10.2 Å². The van der Waals surface area contributed by atoms with Crippen molar-refractivity contribution in [1.29, 1.82) is 0 Å². The Kier molecular flexibility index (Phi) is 7.54. The van der Waals surface area contributed by atoms with Gasteiger partial charge in [-0.05, 0) is 50.6 Å². The average molecular weight is 472 g/mol. The molecular weight excluding hydrogens is 446 g/mol. The quantitative estimate of drug-likeness (QED) is 0.275. The van der Waals surface area contributed by atoms with Crippen molar-refractivity contribution in [2.24, 2.45) is 0 Å². The summed E-state index contributed by atoms with van der Waals surface area (Å²) < 4.78 is 12.3. The van der Waals surface area contributed by atoms with Crippen LogP contribution >= 0.6 is 11.8 Å². The second-order valence-corrected chi connectivity index (χ2v) is 8.37. The van der Waals surface area contributed by atoms with E-state index in [0.717, 1.165) is 11.3 Å². The molecule has 0 atom stereocenters. The Morgan fingerprint density at radius 1 is 1.18 bits per heavy atom. The van der Waals surface area contributed by atoms with Crippen LogP contribution in [0, 0.1) is 17.0 Å². The first-order chi connectivity index (χ1) is 15.7. The Morgan fingerprint density at radius 3 is 2.45 bits per heavy atom. The minimum Gasteiger partial charge on any atom is -0.497 e. The van der Waals surface area contributed by atoms with Crippen molar-refractivity contribution in [1.82, 2.24) is 14.8 Å². The number of rotatable bonds is 9. The van der Waals surface area contributed by atoms with Gasteiger partial charge in [0.2, 0.25) is 5.91 Å². The van der Waals surface area contributed by atoms with Gasteiger partial charge >= 0.3 is 5.69 Å². The second kappa shape index (κ2) is 10.3. The number of carbonyl (C=O) groups excluding carboxylic acids is 1. The number of nitrogens with one attached hydrogen (secondary N) is 1. The number of hydrogen-bond acceptors (Lipinski definition) is 8. The highest BCUT2D eigenvalue weighted by atomic mass is 32.2. The van der Waals surface area contributed by atoms with Crippen molar-refractivity contribution in [2.45, 2.75) is 32.0 Å². The first kappa shape index (κ1) is 24.1. The van der Waals surface area contributed by atoms with Gasteiger partial charge < -0.3 is 14.8 Å². The van der Waals surface area contributed by atoms with Crippen molar-refractivity contribution in [3.8, 4) is 22.9 Å². The fourth-order valence-electron chi connectivity index (χ4n) is 3.21. The maximum absolute atomic E-state index is 12.6. The minimum atomic E-state index is -0.521. The van der Waals surface area contributed by atoms with E-state index >= 15 is 0 Å². The number of nitro benzene ring substituents is 1. The second-order valence-electron chi connectivity index (χ2n) is 7.43. The molecule has 0 saturated heterocycles. The monoisotopic (exact) mass is 471 g/mol. The number of anilines is 1. The van der Waals surface area contributed by atoms with E-state index in [9.17, 15) is 14.9 Å². The Bertz CT molecular complexity index is 1160. The molecule has 2 aromatic carbocycles. The van der Waals surface area contributed by atoms with Crippen LogP contribution in [0.4, 0.5) is 11.4 Å². The molecule has 0 saturated carbocycles. The number of nitrogens with zero attached hydrogens (tertiary/aromatic N) is 4. The summed E-state index contributed by atoms with van der Waals surface area (Å²) in [4.78, 5) is 23.2. The van der Waals surface area contributed by atoms with E-state index in [1.807, 2.05) is 42.7 Å². The van der Waals surface area contributed by atoms with E-state index in [4.69, 9.17) is 9.47 Å². The summed E-state index contributed by atoms with van der Waals surface area (Å²) in [5, 5.41) is 23.2. The number of methoxy groups -OCH3 is 2. The SMILES string of the molecule is COc1ccc(-c2nnc(SCC(=O)Nc3cc(OC)c([N+](=O)[O-])cc3C)n2C(C)C)cc1. The molecule has 174 valence electrons. The van der Waals surface area contributed by atoms with Crippen LogP contribution in [-0.2, 0) is 4.79 Å². The molecule has 0 radical (unpaired) electrons. The summed E-state index contributed by atoms with van der Waals surface area (Å²) in [6, 6.07) is 10.4. The van der Waals surface area contributed by atoms with Gasteiger partial charge in [-0.3, -0.25) is 19.5 Å². The molecule has 3 rings (SSSR count). The van der Waals surface area contributed by atoms with Gasteiger partial charge in [0.25, 0.3) is 0 Å². The average Bonchev–Trinajstić information content (AvgIpc) is 3.23. The Morgan fingerprint density at radius 2 is 1.88 bits per heavy atom. The van der Waals surface area contributed by atoms with Crippen molar-refractivity contribution in [2.75, 3.05) is 25.3 Å². The summed E-state index contributed by atoms with van der Waals surface area (Å²) in [5.41, 5.74) is 1.75. The summed E-state index contributed by atoms with van der Waals surface area (Å²) in [7, 11) is 2.96. The Labute approximate surface area is 195 Å². The smallest absolute Gasteiger partial charge is 0.311 e. The summed E-state index contributed by atoms with van der Waals surface area (Å²) in [5.74, 6) is 1.34. The number of carbonyl (C=O) groups is 1. The zero-order valence-electron chi connectivity index (χ0n) is 19.0. The van der Waals surface area contributed by atoms with Gasteiger partial charge in [0, 0.05) is 29.4 Å². The van der Waals surface area contributed by atoms with Gasteiger partial charge in [0.1, 0.15) is 5.75 Å². The maximum atomic E-state index is 12.6. The lowest BCUT2D eigenvalue weighted by atomic mass is 10.1. The van der Waals surface area contributed by atoms with Crippen LogP contribution in [0.3, 0.4) is 0 Å². The molecule has 33 heavy (non-hydrogen) atoms. The lowest BCUT2D eigenvalue weighted by Crippen LogP contribution is -2.16. The molecule has 11 heteroatoms. The van der Waals surface area contributed by atoms with Gasteiger partial charge in [-0.25, -0.2) is 0 Å². The van der Waals surface area contributed by atoms with Gasteiger partial charge in [0.15, 0.2) is 16.7 Å². The van der Waals surface area contributed by atoms with E-state index in [1.165, 1.54) is 31.0 Å². The predicted molar refractivity (Wildman–Crippen MR) is 126 cm³/mol. The van der Waals surface area contributed by atoms with Crippen LogP contribution < -0.4 is 14.8 Å². The van der Waals surface area contributed by atoms with Crippen molar-refractivity contribution in [3.63, 3.8) is 0 Å². The van der Waals surface area contributed by atoms with Crippen LogP contribution in [0.25, 0.3) is 11.4 Å². The third-order valence-electron chi connectivity index (χ3n) is 4.86. The summed E-state index contributed by atoms with van der Waals surface area (Å²) in [6.45, 7) is 5.73. The number of benzene rings is 2. The zero-order chi connectivity index (χ0) is 24.1. The van der Waals surface area contributed by atoms with E-state index in [0.29, 0.717) is 22.2 Å². The van der Waals surface area contributed by atoms with Crippen LogP contribution in [-0.4, -0.2) is 45.6 Å². The third-order valence-corrected chi connectivity index (χ3v) is 5.80. The molecule has 1 aromatic heterocycles. The third kappa shape index (κ3) is 5.43. The molecule has 0 aliphatic heterocycles. The van der Waals surface area contributed by atoms with E-state index in [-0.39, 0.29) is 29.1 Å². The van der Waals surface area contributed by atoms with E-state index in [2.05, 4.69) is 15.5 Å². The standard InChI is InChI=1S/C22H25N5O5S/c1-13(2)26-21(15-6-8-16(31-4)9-7-15)24-25-22(26)33-12-20(28)23-17-11-19(32-5)18(27(29)30)10-14(17)3/h6-11,13H,12H2,1-5H3,(H,23,28). The fourth-order valence-corrected chi connectivity index (χ4v) is 4.08. The number of thioether (sulfide) groups is 1. The molecule has 0 aliphatic rings. The largest absolute Gasteiger partial charge is 0.497 e. The number of aryl methyl sites for hydroxylation is 1. The number of aromatic nitrogens is 3. The number of nitro groups is 1. The lowest BCUT2D eigenvalue weighted by Gasteiger charge is -2.14. The van der Waals surface area contributed by atoms with Crippen LogP contribution in [0.15, 0.2) is 41.6 Å². The molecule has 0 spiro atoms. The molecule has 3 aromatic rings. The van der Waals surface area contributed by atoms with Gasteiger partial charge in [0.05, 0.1) is 24.9 Å². The predicted octanol–water partition coefficient (Wildman–Crippen LogP) is 4.49. The van der Waals surface area contributed by atoms with Gasteiger partial charge in [-0.1, -0.05) is 11.8 Å². The summed E-state index contributed by atoms with van der Waals surface area (Å²) >= 11 is 1.26. The number of ether oxygens (including phenoxy) is 2. The Hall–Kier alpha value is -3.60. The fraction of sp³-hybridized carbons (Fsp3) is 0.318. The maximum Gasteiger partial charge on any atom is 0.311 e. The highest BCUT2D eigenvalue weighted by Gasteiger charge is 2.20.